The monoisotopic (exact) mass is 411 g/mol. The summed E-state index contributed by atoms with van der Waals surface area (Å²) in [6.07, 6.45) is 0. The van der Waals surface area contributed by atoms with E-state index in [1.54, 1.807) is 7.05 Å². The van der Waals surface area contributed by atoms with Gasteiger partial charge in [0.2, 0.25) is 5.91 Å². The number of hydrogen-bond donors (Lipinski definition) is 3. The van der Waals surface area contributed by atoms with Crippen molar-refractivity contribution in [2.24, 2.45) is 4.99 Å². The number of rotatable bonds is 7. The van der Waals surface area contributed by atoms with Crippen molar-refractivity contribution in [2.75, 3.05) is 38.1 Å². The fourth-order valence-corrected chi connectivity index (χ4v) is 4.05. The molecule has 1 amide bonds. The van der Waals surface area contributed by atoms with Crippen LogP contribution in [0.2, 0.25) is 0 Å². The number of benzene rings is 2. The normalized spacial score (nSPS) is 15.6. The van der Waals surface area contributed by atoms with Crippen LogP contribution in [-0.2, 0) is 11.3 Å². The largest absolute Gasteiger partial charge is 0.360 e. The molecule has 0 bridgehead atoms. The average molecular weight is 412 g/mol. The predicted molar refractivity (Wildman–Crippen MR) is 122 cm³/mol. The Hall–Kier alpha value is -2.67. The molecule has 6 nitrogen and oxygen atoms in total. The zero-order chi connectivity index (χ0) is 20.5. The van der Waals surface area contributed by atoms with Crippen molar-refractivity contribution < 1.29 is 4.79 Å². The second kappa shape index (κ2) is 10.8. The van der Waals surface area contributed by atoms with E-state index < -0.39 is 0 Å². The van der Waals surface area contributed by atoms with Gasteiger partial charge in [0.05, 0.1) is 6.54 Å². The number of carbonyl (C=O) groups is 1. The van der Waals surface area contributed by atoms with Gasteiger partial charge >= 0.3 is 0 Å². The van der Waals surface area contributed by atoms with Gasteiger partial charge in [-0.1, -0.05) is 37.3 Å². The molecule has 1 fully saturated rings. The van der Waals surface area contributed by atoms with Gasteiger partial charge < -0.3 is 20.9 Å². The van der Waals surface area contributed by atoms with Gasteiger partial charge in [-0.3, -0.25) is 9.79 Å². The molecule has 0 saturated carbocycles. The van der Waals surface area contributed by atoms with Gasteiger partial charge in [-0.25, -0.2) is 0 Å². The predicted octanol–water partition coefficient (Wildman–Crippen LogP) is 2.47. The highest BCUT2D eigenvalue weighted by molar-refractivity contribution is 8.00. The Labute approximate surface area is 177 Å². The van der Waals surface area contributed by atoms with Crippen LogP contribution in [0.3, 0.4) is 0 Å². The molecule has 1 aliphatic rings. The number of nitrogens with zero attached hydrogens (tertiary/aromatic N) is 2. The zero-order valence-electron chi connectivity index (χ0n) is 17.0. The van der Waals surface area contributed by atoms with Gasteiger partial charge in [0, 0.05) is 49.1 Å². The summed E-state index contributed by atoms with van der Waals surface area (Å²) in [7, 11) is 1.79. The molecule has 0 radical (unpaired) electrons. The van der Waals surface area contributed by atoms with E-state index in [0.29, 0.717) is 24.9 Å². The summed E-state index contributed by atoms with van der Waals surface area (Å²) in [4.78, 5) is 19.2. The van der Waals surface area contributed by atoms with E-state index in [0.717, 1.165) is 24.7 Å². The molecule has 0 aliphatic carbocycles. The summed E-state index contributed by atoms with van der Waals surface area (Å²) in [6, 6.07) is 18.8. The van der Waals surface area contributed by atoms with E-state index in [1.807, 2.05) is 17.8 Å². The molecule has 29 heavy (non-hydrogen) atoms. The third kappa shape index (κ3) is 6.71. The van der Waals surface area contributed by atoms with Crippen molar-refractivity contribution in [2.45, 2.75) is 23.6 Å². The minimum Gasteiger partial charge on any atom is -0.360 e. The molecule has 3 rings (SSSR count). The van der Waals surface area contributed by atoms with Crippen molar-refractivity contribution >= 4 is 29.3 Å². The van der Waals surface area contributed by atoms with Crippen molar-refractivity contribution in [3.05, 3.63) is 60.2 Å². The maximum absolute atomic E-state index is 11.6. The van der Waals surface area contributed by atoms with Crippen LogP contribution in [0.25, 0.3) is 0 Å². The van der Waals surface area contributed by atoms with Crippen LogP contribution in [0, 0.1) is 0 Å². The minimum atomic E-state index is 0.0801. The van der Waals surface area contributed by atoms with E-state index in [1.165, 1.54) is 10.5 Å². The molecule has 1 unspecified atom stereocenters. The van der Waals surface area contributed by atoms with Gasteiger partial charge in [-0.2, -0.15) is 0 Å². The topological polar surface area (TPSA) is 68.8 Å². The second-order valence-electron chi connectivity index (χ2n) is 6.99. The highest BCUT2D eigenvalue weighted by atomic mass is 32.2. The van der Waals surface area contributed by atoms with E-state index in [2.05, 4.69) is 81.3 Å². The molecule has 1 aliphatic heterocycles. The molecular weight excluding hydrogens is 382 g/mol. The summed E-state index contributed by atoms with van der Waals surface area (Å²) < 4.78 is 0. The van der Waals surface area contributed by atoms with Gasteiger partial charge in [0.25, 0.3) is 0 Å². The second-order valence-corrected chi connectivity index (χ2v) is 8.50. The molecule has 1 heterocycles. The maximum atomic E-state index is 11.6. The van der Waals surface area contributed by atoms with Crippen LogP contribution in [0.4, 0.5) is 5.69 Å². The van der Waals surface area contributed by atoms with Gasteiger partial charge in [0.1, 0.15) is 0 Å². The molecular formula is C22H29N5OS. The molecule has 154 valence electrons. The van der Waals surface area contributed by atoms with E-state index in [4.69, 9.17) is 0 Å². The lowest BCUT2D eigenvalue weighted by molar-refractivity contribution is -0.120. The van der Waals surface area contributed by atoms with E-state index >= 15 is 0 Å². The zero-order valence-corrected chi connectivity index (χ0v) is 17.8. The number of anilines is 1. The summed E-state index contributed by atoms with van der Waals surface area (Å²) in [5.74, 6) is 0.874. The smallest absolute Gasteiger partial charge is 0.239 e. The Kier molecular flexibility index (Phi) is 7.81. The molecule has 3 N–H and O–H groups in total. The Bertz CT molecular complexity index is 810. The van der Waals surface area contributed by atoms with Gasteiger partial charge in [-0.05, 0) is 29.8 Å². The molecule has 7 heteroatoms. The number of thioether (sulfide) groups is 1. The van der Waals surface area contributed by atoms with Gasteiger partial charge in [-0.15, -0.1) is 11.8 Å². The molecule has 2 aromatic rings. The maximum Gasteiger partial charge on any atom is 0.239 e. The number of hydrogen-bond acceptors (Lipinski definition) is 4. The summed E-state index contributed by atoms with van der Waals surface area (Å²) >= 11 is 1.85. The molecule has 0 spiro atoms. The lowest BCUT2D eigenvalue weighted by atomic mass is 10.2. The van der Waals surface area contributed by atoms with Crippen LogP contribution in [0.5, 0.6) is 0 Å². The third-order valence-electron chi connectivity index (χ3n) is 4.66. The van der Waals surface area contributed by atoms with Crippen LogP contribution >= 0.6 is 11.8 Å². The average Bonchev–Trinajstić information content (AvgIpc) is 2.75. The number of amides is 1. The number of piperazine rings is 1. The number of nitrogens with one attached hydrogen (secondary N) is 3. The Morgan fingerprint density at radius 2 is 1.93 bits per heavy atom. The van der Waals surface area contributed by atoms with Gasteiger partial charge in [0.15, 0.2) is 5.96 Å². The first-order chi connectivity index (χ1) is 14.1. The summed E-state index contributed by atoms with van der Waals surface area (Å²) in [5.41, 5.74) is 2.25. The van der Waals surface area contributed by atoms with Crippen LogP contribution in [0.1, 0.15) is 12.5 Å². The Morgan fingerprint density at radius 3 is 2.62 bits per heavy atom. The molecule has 1 atom stereocenters. The quantitative estimate of drug-likeness (QED) is 0.371. The van der Waals surface area contributed by atoms with E-state index in [9.17, 15) is 4.79 Å². The SMILES string of the molecule is CN=C(NCc1ccc(N2CCNC(=O)C2)cc1)NCC(C)Sc1ccccc1. The Balaban J connectivity index is 1.43. The number of aliphatic imine (C=N–C) groups is 1. The molecule has 1 saturated heterocycles. The highest BCUT2D eigenvalue weighted by Crippen LogP contribution is 2.22. The summed E-state index contributed by atoms with van der Waals surface area (Å²) in [5, 5.41) is 10.0. The fraction of sp³-hybridized carbons (Fsp3) is 0.364. The Morgan fingerprint density at radius 1 is 1.17 bits per heavy atom. The molecule has 0 aromatic heterocycles. The first kappa shape index (κ1) is 21.0. The number of carbonyl (C=O) groups excluding carboxylic acids is 1. The first-order valence-electron chi connectivity index (χ1n) is 9.91. The molecule has 2 aromatic carbocycles. The third-order valence-corrected chi connectivity index (χ3v) is 5.77. The van der Waals surface area contributed by atoms with Crippen molar-refractivity contribution in [1.29, 1.82) is 0 Å². The van der Waals surface area contributed by atoms with E-state index in [-0.39, 0.29) is 5.91 Å². The van der Waals surface area contributed by atoms with Crippen molar-refractivity contribution in [1.82, 2.24) is 16.0 Å². The lowest BCUT2D eigenvalue weighted by Crippen LogP contribution is -2.47. The standard InChI is InChI=1S/C22H29N5OS/c1-17(29-20-6-4-3-5-7-20)14-25-22(23-2)26-15-18-8-10-19(11-9-18)27-13-12-24-21(28)16-27/h3-11,17H,12-16H2,1-2H3,(H,24,28)(H2,23,25,26). The van der Waals surface area contributed by atoms with Crippen LogP contribution in [-0.4, -0.2) is 50.3 Å². The minimum absolute atomic E-state index is 0.0801. The lowest BCUT2D eigenvalue weighted by Gasteiger charge is -2.28. The fourth-order valence-electron chi connectivity index (χ4n) is 3.10. The van der Waals surface area contributed by atoms with Crippen LogP contribution in [0.15, 0.2) is 64.5 Å². The summed E-state index contributed by atoms with van der Waals surface area (Å²) in [6.45, 7) is 5.70. The highest BCUT2D eigenvalue weighted by Gasteiger charge is 2.16. The van der Waals surface area contributed by atoms with Crippen molar-refractivity contribution in [3.8, 4) is 0 Å². The number of guanidine groups is 1. The van der Waals surface area contributed by atoms with Crippen LogP contribution < -0.4 is 20.9 Å². The van der Waals surface area contributed by atoms with Crippen molar-refractivity contribution in [3.63, 3.8) is 0 Å². The first-order valence-corrected chi connectivity index (χ1v) is 10.8.